The van der Waals surface area contributed by atoms with E-state index in [4.69, 9.17) is 17.0 Å². The molecule has 1 fully saturated rings. The number of aryl methyl sites for hydroxylation is 1. The highest BCUT2D eigenvalue weighted by Gasteiger charge is 2.41. The first kappa shape index (κ1) is 23.1. The van der Waals surface area contributed by atoms with Gasteiger partial charge in [-0.25, -0.2) is 0 Å². The van der Waals surface area contributed by atoms with Gasteiger partial charge in [-0.2, -0.15) is 0 Å². The van der Waals surface area contributed by atoms with Crippen molar-refractivity contribution >= 4 is 23.0 Å². The smallest absolute Gasteiger partial charge is 0.174 e. The number of anilines is 1. The fourth-order valence-electron chi connectivity index (χ4n) is 4.45. The Balaban J connectivity index is 1.50. The minimum atomic E-state index is -0.0672. The predicted octanol–water partition coefficient (Wildman–Crippen LogP) is 6.92. The van der Waals surface area contributed by atoms with Crippen LogP contribution in [-0.4, -0.2) is 14.7 Å². The molecule has 1 saturated heterocycles. The van der Waals surface area contributed by atoms with Gasteiger partial charge in [0.05, 0.1) is 17.8 Å². The molecule has 0 unspecified atom stereocenters. The van der Waals surface area contributed by atoms with Crippen LogP contribution in [0, 0.1) is 6.92 Å². The third-order valence-electron chi connectivity index (χ3n) is 6.37. The summed E-state index contributed by atoms with van der Waals surface area (Å²) >= 11 is 5.86. The van der Waals surface area contributed by atoms with E-state index in [2.05, 4.69) is 77.2 Å². The molecule has 6 heteroatoms. The molecule has 2 aromatic carbocycles. The van der Waals surface area contributed by atoms with Crippen molar-refractivity contribution in [3.63, 3.8) is 0 Å². The van der Waals surface area contributed by atoms with Crippen LogP contribution < -0.4 is 15.0 Å². The van der Waals surface area contributed by atoms with E-state index >= 15 is 0 Å². The standard InChI is InChI=1S/C29H30N4OS/c1-20-9-5-6-11-25(20)34-23-14-12-22(13-15-23)33-27(21-16-18-32(19-21)29(2,3)4)26(31-28(33)35)24-10-7-8-17-30-24/h5-19,26-27H,1-4H3,(H,31,35)/t26-,27-/m1/s1. The van der Waals surface area contributed by atoms with Gasteiger partial charge in [0.15, 0.2) is 5.11 Å². The molecule has 0 amide bonds. The van der Waals surface area contributed by atoms with Crippen molar-refractivity contribution in [2.45, 2.75) is 45.3 Å². The zero-order chi connectivity index (χ0) is 24.6. The van der Waals surface area contributed by atoms with Crippen molar-refractivity contribution in [2.24, 2.45) is 0 Å². The van der Waals surface area contributed by atoms with Crippen LogP contribution in [0.1, 0.15) is 49.7 Å². The molecule has 1 aliphatic rings. The van der Waals surface area contributed by atoms with Crippen molar-refractivity contribution in [3.8, 4) is 11.5 Å². The molecule has 2 aromatic heterocycles. The fourth-order valence-corrected chi connectivity index (χ4v) is 4.80. The summed E-state index contributed by atoms with van der Waals surface area (Å²) in [5.41, 5.74) is 4.24. The second-order valence-electron chi connectivity index (χ2n) is 9.88. The predicted molar refractivity (Wildman–Crippen MR) is 145 cm³/mol. The van der Waals surface area contributed by atoms with Crippen LogP contribution in [0.2, 0.25) is 0 Å². The molecule has 0 spiro atoms. The van der Waals surface area contributed by atoms with Crippen LogP contribution >= 0.6 is 12.2 Å². The van der Waals surface area contributed by atoms with Gasteiger partial charge in [0.1, 0.15) is 11.5 Å². The lowest BCUT2D eigenvalue weighted by atomic mass is 9.98. The van der Waals surface area contributed by atoms with Crippen LogP contribution in [-0.2, 0) is 5.54 Å². The molecule has 4 aromatic rings. The molecule has 178 valence electrons. The highest BCUT2D eigenvalue weighted by atomic mass is 32.1. The Bertz CT molecular complexity index is 1320. The van der Waals surface area contributed by atoms with E-state index in [0.29, 0.717) is 5.11 Å². The zero-order valence-corrected chi connectivity index (χ0v) is 21.3. The van der Waals surface area contributed by atoms with Gasteiger partial charge in [0.25, 0.3) is 0 Å². The monoisotopic (exact) mass is 482 g/mol. The van der Waals surface area contributed by atoms with E-state index in [-0.39, 0.29) is 17.6 Å². The number of pyridine rings is 1. The molecule has 0 bridgehead atoms. The molecule has 3 heterocycles. The summed E-state index contributed by atoms with van der Waals surface area (Å²) in [4.78, 5) is 6.84. The lowest BCUT2D eigenvalue weighted by molar-refractivity contribution is 0.397. The normalized spacial score (nSPS) is 17.9. The third kappa shape index (κ3) is 4.66. The van der Waals surface area contributed by atoms with Crippen LogP contribution in [0.15, 0.2) is 91.4 Å². The van der Waals surface area contributed by atoms with Crippen molar-refractivity contribution in [3.05, 3.63) is 108 Å². The van der Waals surface area contributed by atoms with Crippen LogP contribution in [0.4, 0.5) is 5.69 Å². The maximum absolute atomic E-state index is 6.12. The first-order valence-corrected chi connectivity index (χ1v) is 12.2. The number of rotatable bonds is 5. The lowest BCUT2D eigenvalue weighted by Gasteiger charge is -2.28. The molecule has 5 nitrogen and oxygen atoms in total. The lowest BCUT2D eigenvalue weighted by Crippen LogP contribution is -2.29. The molecule has 35 heavy (non-hydrogen) atoms. The third-order valence-corrected chi connectivity index (χ3v) is 6.68. The van der Waals surface area contributed by atoms with E-state index in [9.17, 15) is 0 Å². The summed E-state index contributed by atoms with van der Waals surface area (Å²) < 4.78 is 8.36. The average Bonchev–Trinajstić information content (AvgIpc) is 3.47. The summed E-state index contributed by atoms with van der Waals surface area (Å²) in [7, 11) is 0. The van der Waals surface area contributed by atoms with E-state index in [1.807, 2.05) is 61.7 Å². The number of ether oxygens (including phenoxy) is 1. The van der Waals surface area contributed by atoms with Gasteiger partial charge in [-0.05, 0) is 99.6 Å². The molecule has 5 rings (SSSR count). The Morgan fingerprint density at radius 2 is 1.69 bits per heavy atom. The number of nitrogens with zero attached hydrogens (tertiary/aromatic N) is 3. The molecular weight excluding hydrogens is 452 g/mol. The van der Waals surface area contributed by atoms with Gasteiger partial charge in [-0.15, -0.1) is 0 Å². The Kier molecular flexibility index (Phi) is 6.07. The van der Waals surface area contributed by atoms with Gasteiger partial charge in [-0.3, -0.25) is 4.98 Å². The van der Waals surface area contributed by atoms with E-state index in [1.165, 1.54) is 5.56 Å². The van der Waals surface area contributed by atoms with Gasteiger partial charge in [0, 0.05) is 29.8 Å². The van der Waals surface area contributed by atoms with E-state index in [0.717, 1.165) is 28.4 Å². The Hall–Kier alpha value is -3.64. The Morgan fingerprint density at radius 1 is 0.943 bits per heavy atom. The quantitative estimate of drug-likeness (QED) is 0.313. The first-order valence-electron chi connectivity index (χ1n) is 11.8. The summed E-state index contributed by atoms with van der Waals surface area (Å²) in [6.45, 7) is 8.66. The van der Waals surface area contributed by atoms with E-state index < -0.39 is 0 Å². The number of hydrogen-bond acceptors (Lipinski definition) is 3. The van der Waals surface area contributed by atoms with E-state index in [1.54, 1.807) is 0 Å². The fraction of sp³-hybridized carbons (Fsp3) is 0.241. The molecule has 2 atom stereocenters. The molecule has 1 aliphatic heterocycles. The van der Waals surface area contributed by atoms with Gasteiger partial charge in [-0.1, -0.05) is 24.3 Å². The number of hydrogen-bond donors (Lipinski definition) is 1. The highest BCUT2D eigenvalue weighted by Crippen LogP contribution is 2.42. The van der Waals surface area contributed by atoms with Gasteiger partial charge >= 0.3 is 0 Å². The number of aromatic nitrogens is 2. The number of benzene rings is 2. The minimum absolute atomic E-state index is 0.00925. The summed E-state index contributed by atoms with van der Waals surface area (Å²) in [6, 6.07) is 24.2. The van der Waals surface area contributed by atoms with Crippen molar-refractivity contribution in [2.75, 3.05) is 4.90 Å². The molecule has 0 radical (unpaired) electrons. The van der Waals surface area contributed by atoms with Crippen molar-refractivity contribution < 1.29 is 4.74 Å². The number of nitrogens with one attached hydrogen (secondary N) is 1. The minimum Gasteiger partial charge on any atom is -0.457 e. The van der Waals surface area contributed by atoms with Gasteiger partial charge < -0.3 is 19.5 Å². The van der Waals surface area contributed by atoms with Crippen LogP contribution in [0.3, 0.4) is 0 Å². The summed E-state index contributed by atoms with van der Waals surface area (Å²) in [5.74, 6) is 1.65. The molecule has 0 saturated carbocycles. The highest BCUT2D eigenvalue weighted by molar-refractivity contribution is 7.80. The molecule has 1 N–H and O–H groups in total. The number of thiocarbonyl (C=S) groups is 1. The van der Waals surface area contributed by atoms with Crippen molar-refractivity contribution in [1.82, 2.24) is 14.9 Å². The topological polar surface area (TPSA) is 42.3 Å². The second kappa shape index (κ2) is 9.19. The first-order chi connectivity index (χ1) is 16.8. The SMILES string of the molecule is Cc1ccccc1Oc1ccc(N2C(=S)N[C@H](c3ccccn3)[C@H]2c2ccn(C(C)(C)C)c2)cc1. The van der Waals surface area contributed by atoms with Crippen molar-refractivity contribution in [1.29, 1.82) is 0 Å². The Morgan fingerprint density at radius 3 is 2.34 bits per heavy atom. The molecule has 0 aliphatic carbocycles. The second-order valence-corrected chi connectivity index (χ2v) is 10.3. The zero-order valence-electron chi connectivity index (χ0n) is 20.5. The summed E-state index contributed by atoms with van der Waals surface area (Å²) in [5, 5.41) is 4.21. The summed E-state index contributed by atoms with van der Waals surface area (Å²) in [6.07, 6.45) is 6.19. The van der Waals surface area contributed by atoms with Crippen LogP contribution in [0.25, 0.3) is 0 Å². The Labute approximate surface area is 212 Å². The largest absolute Gasteiger partial charge is 0.457 e. The average molecular weight is 483 g/mol. The van der Waals surface area contributed by atoms with Gasteiger partial charge in [0.2, 0.25) is 0 Å². The van der Waals surface area contributed by atoms with Crippen LogP contribution in [0.5, 0.6) is 11.5 Å². The maximum atomic E-state index is 6.12. The number of para-hydroxylation sites is 1. The maximum Gasteiger partial charge on any atom is 0.174 e. The molecular formula is C29H30N4OS.